The highest BCUT2D eigenvalue weighted by atomic mass is 14.9. The summed E-state index contributed by atoms with van der Waals surface area (Å²) in [4.78, 5) is 0. The SMILES string of the molecule is CCCNC(CCc1ccccc1)C(C)(C)CC. The van der Waals surface area contributed by atoms with Gasteiger partial charge in [0.15, 0.2) is 0 Å². The standard InChI is InChI=1S/C17H29N/c1-5-14-18-16(17(3,4)6-2)13-12-15-10-8-7-9-11-15/h7-11,16,18H,5-6,12-14H2,1-4H3. The molecule has 0 saturated carbocycles. The van der Waals surface area contributed by atoms with Crippen molar-refractivity contribution in [2.45, 2.75) is 59.4 Å². The van der Waals surface area contributed by atoms with Crippen LogP contribution in [0.15, 0.2) is 30.3 Å². The fourth-order valence-corrected chi connectivity index (χ4v) is 2.29. The molecule has 1 rings (SSSR count). The molecule has 1 heteroatoms. The molecule has 0 bridgehead atoms. The molecule has 18 heavy (non-hydrogen) atoms. The summed E-state index contributed by atoms with van der Waals surface area (Å²) < 4.78 is 0. The lowest BCUT2D eigenvalue weighted by atomic mass is 9.79. The van der Waals surface area contributed by atoms with Crippen LogP contribution in [0.5, 0.6) is 0 Å². The summed E-state index contributed by atoms with van der Waals surface area (Å²) in [7, 11) is 0. The van der Waals surface area contributed by atoms with Crippen LogP contribution in [0.2, 0.25) is 0 Å². The lowest BCUT2D eigenvalue weighted by molar-refractivity contribution is 0.220. The minimum atomic E-state index is 0.379. The number of hydrogen-bond acceptors (Lipinski definition) is 1. The van der Waals surface area contributed by atoms with Gasteiger partial charge in [0.05, 0.1) is 0 Å². The van der Waals surface area contributed by atoms with Gasteiger partial charge in [-0.05, 0) is 43.2 Å². The van der Waals surface area contributed by atoms with Gasteiger partial charge in [0.2, 0.25) is 0 Å². The molecule has 1 aromatic carbocycles. The Kier molecular flexibility index (Phi) is 6.42. The van der Waals surface area contributed by atoms with Gasteiger partial charge in [-0.1, -0.05) is 58.0 Å². The molecule has 0 heterocycles. The van der Waals surface area contributed by atoms with Crippen LogP contribution in [0.3, 0.4) is 0 Å². The smallest absolute Gasteiger partial charge is 0.0121 e. The summed E-state index contributed by atoms with van der Waals surface area (Å²) in [6, 6.07) is 11.4. The van der Waals surface area contributed by atoms with Gasteiger partial charge in [0.25, 0.3) is 0 Å². The maximum absolute atomic E-state index is 3.73. The summed E-state index contributed by atoms with van der Waals surface area (Å²) in [6.07, 6.45) is 4.83. The van der Waals surface area contributed by atoms with Crippen molar-refractivity contribution in [1.82, 2.24) is 5.32 Å². The van der Waals surface area contributed by atoms with Crippen LogP contribution >= 0.6 is 0 Å². The molecule has 0 aliphatic carbocycles. The van der Waals surface area contributed by atoms with E-state index in [2.05, 4.69) is 63.3 Å². The molecule has 102 valence electrons. The first-order valence-corrected chi connectivity index (χ1v) is 7.37. The maximum atomic E-state index is 3.73. The van der Waals surface area contributed by atoms with E-state index in [4.69, 9.17) is 0 Å². The molecule has 0 aromatic heterocycles. The van der Waals surface area contributed by atoms with Gasteiger partial charge < -0.3 is 5.32 Å². The molecular formula is C17H29N. The number of hydrogen-bond donors (Lipinski definition) is 1. The van der Waals surface area contributed by atoms with Crippen LogP contribution in [0.4, 0.5) is 0 Å². The lowest BCUT2D eigenvalue weighted by Crippen LogP contribution is -2.42. The van der Waals surface area contributed by atoms with E-state index < -0.39 is 0 Å². The average Bonchev–Trinajstić information content (AvgIpc) is 2.39. The molecule has 0 saturated heterocycles. The van der Waals surface area contributed by atoms with Crippen molar-refractivity contribution < 1.29 is 0 Å². The topological polar surface area (TPSA) is 12.0 Å². The first-order valence-electron chi connectivity index (χ1n) is 7.37. The lowest BCUT2D eigenvalue weighted by Gasteiger charge is -2.34. The predicted molar refractivity (Wildman–Crippen MR) is 80.9 cm³/mol. The number of rotatable bonds is 8. The molecule has 1 unspecified atom stereocenters. The second kappa shape index (κ2) is 7.58. The van der Waals surface area contributed by atoms with Crippen molar-refractivity contribution in [2.24, 2.45) is 5.41 Å². The van der Waals surface area contributed by atoms with Crippen LogP contribution in [0.25, 0.3) is 0 Å². The Morgan fingerprint density at radius 3 is 2.33 bits per heavy atom. The van der Waals surface area contributed by atoms with Gasteiger partial charge in [-0.2, -0.15) is 0 Å². The van der Waals surface area contributed by atoms with Crippen molar-refractivity contribution >= 4 is 0 Å². The third kappa shape index (κ3) is 4.81. The Bertz CT molecular complexity index is 316. The van der Waals surface area contributed by atoms with Gasteiger partial charge >= 0.3 is 0 Å². The fraction of sp³-hybridized carbons (Fsp3) is 0.647. The Hall–Kier alpha value is -0.820. The van der Waals surface area contributed by atoms with Crippen LogP contribution in [0, 0.1) is 5.41 Å². The molecule has 0 spiro atoms. The fourth-order valence-electron chi connectivity index (χ4n) is 2.29. The predicted octanol–water partition coefficient (Wildman–Crippen LogP) is 4.42. The van der Waals surface area contributed by atoms with Crippen molar-refractivity contribution in [3.8, 4) is 0 Å². The summed E-state index contributed by atoms with van der Waals surface area (Å²) in [5.41, 5.74) is 1.83. The molecule has 1 N–H and O–H groups in total. The third-order valence-electron chi connectivity index (χ3n) is 4.06. The summed E-state index contributed by atoms with van der Waals surface area (Å²) in [5, 5.41) is 3.73. The summed E-state index contributed by atoms with van der Waals surface area (Å²) >= 11 is 0. The highest BCUT2D eigenvalue weighted by molar-refractivity contribution is 5.15. The van der Waals surface area contributed by atoms with E-state index >= 15 is 0 Å². The Morgan fingerprint density at radius 1 is 1.11 bits per heavy atom. The molecule has 0 aliphatic heterocycles. The van der Waals surface area contributed by atoms with Gasteiger partial charge in [0.1, 0.15) is 0 Å². The highest BCUT2D eigenvalue weighted by Crippen LogP contribution is 2.27. The molecule has 0 aliphatic rings. The molecule has 0 radical (unpaired) electrons. The Morgan fingerprint density at radius 2 is 1.78 bits per heavy atom. The van der Waals surface area contributed by atoms with E-state index in [-0.39, 0.29) is 0 Å². The first-order chi connectivity index (χ1) is 8.60. The Balaban J connectivity index is 2.56. The normalized spacial score (nSPS) is 13.6. The molecular weight excluding hydrogens is 218 g/mol. The molecule has 1 nitrogen and oxygen atoms in total. The van der Waals surface area contributed by atoms with E-state index in [1.165, 1.54) is 31.2 Å². The second-order valence-electron chi connectivity index (χ2n) is 5.87. The third-order valence-corrected chi connectivity index (χ3v) is 4.06. The summed E-state index contributed by atoms with van der Waals surface area (Å²) in [5.74, 6) is 0. The van der Waals surface area contributed by atoms with Crippen molar-refractivity contribution in [2.75, 3.05) is 6.54 Å². The van der Waals surface area contributed by atoms with Gasteiger partial charge in [-0.3, -0.25) is 0 Å². The number of benzene rings is 1. The number of aryl methyl sites for hydroxylation is 1. The highest BCUT2D eigenvalue weighted by Gasteiger charge is 2.26. The van der Waals surface area contributed by atoms with E-state index in [1.54, 1.807) is 0 Å². The minimum absolute atomic E-state index is 0.379. The van der Waals surface area contributed by atoms with Crippen LogP contribution < -0.4 is 5.32 Å². The minimum Gasteiger partial charge on any atom is -0.313 e. The largest absolute Gasteiger partial charge is 0.313 e. The second-order valence-corrected chi connectivity index (χ2v) is 5.87. The van der Waals surface area contributed by atoms with E-state index in [0.29, 0.717) is 11.5 Å². The molecule has 1 aromatic rings. The van der Waals surface area contributed by atoms with E-state index in [9.17, 15) is 0 Å². The van der Waals surface area contributed by atoms with Crippen molar-refractivity contribution in [1.29, 1.82) is 0 Å². The molecule has 0 fully saturated rings. The van der Waals surface area contributed by atoms with Crippen molar-refractivity contribution in [3.05, 3.63) is 35.9 Å². The van der Waals surface area contributed by atoms with Crippen molar-refractivity contribution in [3.63, 3.8) is 0 Å². The zero-order valence-corrected chi connectivity index (χ0v) is 12.5. The molecule has 0 amide bonds. The van der Waals surface area contributed by atoms with Crippen LogP contribution in [0.1, 0.15) is 52.5 Å². The quantitative estimate of drug-likeness (QED) is 0.717. The summed E-state index contributed by atoms with van der Waals surface area (Å²) in [6.45, 7) is 10.4. The zero-order chi connectivity index (χ0) is 13.4. The van der Waals surface area contributed by atoms with E-state index in [0.717, 1.165) is 6.54 Å². The zero-order valence-electron chi connectivity index (χ0n) is 12.5. The maximum Gasteiger partial charge on any atom is 0.0121 e. The average molecular weight is 247 g/mol. The van der Waals surface area contributed by atoms with Crippen LogP contribution in [-0.4, -0.2) is 12.6 Å². The van der Waals surface area contributed by atoms with Gasteiger partial charge in [0, 0.05) is 6.04 Å². The first kappa shape index (κ1) is 15.2. The van der Waals surface area contributed by atoms with Gasteiger partial charge in [-0.25, -0.2) is 0 Å². The molecule has 1 atom stereocenters. The van der Waals surface area contributed by atoms with Gasteiger partial charge in [-0.15, -0.1) is 0 Å². The van der Waals surface area contributed by atoms with E-state index in [1.807, 2.05) is 0 Å². The Labute approximate surface area is 113 Å². The monoisotopic (exact) mass is 247 g/mol. The van der Waals surface area contributed by atoms with Crippen LogP contribution in [-0.2, 0) is 6.42 Å². The number of nitrogens with one attached hydrogen (secondary N) is 1.